The molecule has 0 atom stereocenters. The van der Waals surface area contributed by atoms with E-state index in [-0.39, 0.29) is 5.88 Å². The quantitative estimate of drug-likeness (QED) is 0.540. The zero-order valence-electron chi connectivity index (χ0n) is 4.03. The Bertz CT molecular complexity index is 170. The van der Waals surface area contributed by atoms with Crippen LogP contribution in [0.25, 0.3) is 0 Å². The Kier molecular flexibility index (Phi) is 1.04. The first-order valence-electron chi connectivity index (χ1n) is 2.12. The third-order valence-electron chi connectivity index (χ3n) is 0.709. The van der Waals surface area contributed by atoms with Gasteiger partial charge in [-0.15, -0.1) is 0 Å². The van der Waals surface area contributed by atoms with Gasteiger partial charge in [0.05, 0.1) is 0 Å². The van der Waals surface area contributed by atoms with E-state index in [1.54, 1.807) is 0 Å². The van der Waals surface area contributed by atoms with E-state index in [2.05, 4.69) is 4.98 Å². The molecule has 0 aromatic carbocycles. The highest BCUT2D eigenvalue weighted by Gasteiger charge is 1.89. The lowest BCUT2D eigenvalue weighted by Crippen LogP contribution is -1.69. The van der Waals surface area contributed by atoms with Crippen LogP contribution in [0, 0.1) is 0 Å². The Labute approximate surface area is 46.2 Å². The first-order chi connectivity index (χ1) is 3.79. The Morgan fingerprint density at radius 1 is 1.50 bits per heavy atom. The van der Waals surface area contributed by atoms with Crippen LogP contribution in [0.15, 0.2) is 18.2 Å². The molecular weight excluding hydrogens is 106 g/mol. The predicted molar refractivity (Wildman–Crippen MR) is 26.0 cm³/mol. The van der Waals surface area contributed by atoms with Gasteiger partial charge in [-0.1, -0.05) is 6.07 Å². The van der Waals surface area contributed by atoms with Crippen molar-refractivity contribution in [3.63, 3.8) is 0 Å². The van der Waals surface area contributed by atoms with E-state index in [4.69, 9.17) is 5.11 Å². The molecule has 0 amide bonds. The predicted octanol–water partition coefficient (Wildman–Crippen LogP) is 0.931. The lowest BCUT2D eigenvalue weighted by molar-refractivity contribution is 0.328. The van der Waals surface area contributed by atoms with E-state index in [9.17, 15) is 5.11 Å². The van der Waals surface area contributed by atoms with Crippen LogP contribution in [0.4, 0.5) is 0 Å². The third kappa shape index (κ3) is 0.872. The highest BCUT2D eigenvalue weighted by Crippen LogP contribution is 2.08. The summed E-state index contributed by atoms with van der Waals surface area (Å²) in [7, 11) is 0. The molecule has 1 heterocycles. The Hall–Kier alpha value is -1.25. The lowest BCUT2D eigenvalue weighted by atomic mass is 10.5. The number of hydrogen-bond acceptors (Lipinski definition) is 2. The van der Waals surface area contributed by atoms with Crippen LogP contribution in [0.5, 0.6) is 11.8 Å². The maximum atomic E-state index is 10.2. The summed E-state index contributed by atoms with van der Waals surface area (Å²) in [6.45, 7) is 0. The standard InChI is InChI=1S/C5H4NO2/c7-4-2-1-3-5(8)6-4/h1-3H,(H,6,7). The number of hydrogen-bond donors (Lipinski definition) is 1. The lowest BCUT2D eigenvalue weighted by Gasteiger charge is -1.85. The van der Waals surface area contributed by atoms with Gasteiger partial charge in [-0.3, -0.25) is 5.11 Å². The number of pyridine rings is 1. The molecule has 0 spiro atoms. The summed E-state index contributed by atoms with van der Waals surface area (Å²) in [5, 5.41) is 18.7. The summed E-state index contributed by atoms with van der Waals surface area (Å²) in [6, 6.07) is 4.08. The molecule has 1 aromatic rings. The van der Waals surface area contributed by atoms with Crippen LogP contribution >= 0.6 is 0 Å². The zero-order valence-corrected chi connectivity index (χ0v) is 4.03. The van der Waals surface area contributed by atoms with Crippen molar-refractivity contribution in [2.75, 3.05) is 0 Å². The largest absolute Gasteiger partial charge is 0.493 e. The van der Waals surface area contributed by atoms with Crippen molar-refractivity contribution in [1.29, 1.82) is 0 Å². The van der Waals surface area contributed by atoms with Gasteiger partial charge in [0.1, 0.15) is 0 Å². The molecule has 3 heteroatoms. The van der Waals surface area contributed by atoms with Crippen molar-refractivity contribution in [1.82, 2.24) is 4.98 Å². The maximum Gasteiger partial charge on any atom is 0.272 e. The first kappa shape index (κ1) is 4.90. The fourth-order valence-corrected chi connectivity index (χ4v) is 0.404. The normalized spacial score (nSPS) is 9.00. The second-order valence-electron chi connectivity index (χ2n) is 1.33. The van der Waals surface area contributed by atoms with E-state index in [0.29, 0.717) is 0 Å². The molecule has 8 heavy (non-hydrogen) atoms. The monoisotopic (exact) mass is 110 g/mol. The number of rotatable bonds is 0. The van der Waals surface area contributed by atoms with Crippen molar-refractivity contribution in [2.24, 2.45) is 0 Å². The van der Waals surface area contributed by atoms with E-state index in [1.165, 1.54) is 18.2 Å². The molecule has 1 N–H and O–H groups in total. The van der Waals surface area contributed by atoms with E-state index in [0.717, 1.165) is 0 Å². The van der Waals surface area contributed by atoms with Crippen molar-refractivity contribution < 1.29 is 10.2 Å². The summed E-state index contributed by atoms with van der Waals surface area (Å²) >= 11 is 0. The summed E-state index contributed by atoms with van der Waals surface area (Å²) in [4.78, 5) is 3.17. The maximum absolute atomic E-state index is 10.2. The minimum Gasteiger partial charge on any atom is -0.493 e. The molecule has 3 nitrogen and oxygen atoms in total. The third-order valence-corrected chi connectivity index (χ3v) is 0.709. The van der Waals surface area contributed by atoms with Crippen molar-refractivity contribution >= 4 is 0 Å². The molecule has 0 fully saturated rings. The zero-order chi connectivity index (χ0) is 5.98. The average molecular weight is 110 g/mol. The summed E-state index contributed by atoms with van der Waals surface area (Å²) in [5.74, 6) is -0.637. The number of nitrogens with zero attached hydrogens (tertiary/aromatic N) is 1. The summed E-state index contributed by atoms with van der Waals surface area (Å²) < 4.78 is 0. The molecule has 0 aliphatic rings. The molecule has 1 aromatic heterocycles. The minimum atomic E-state index is -0.412. The van der Waals surface area contributed by atoms with Gasteiger partial charge in [0.15, 0.2) is 0 Å². The topological polar surface area (TPSA) is 53.0 Å². The van der Waals surface area contributed by atoms with Crippen LogP contribution in [0.1, 0.15) is 0 Å². The van der Waals surface area contributed by atoms with Gasteiger partial charge in [-0.25, -0.2) is 0 Å². The molecule has 0 saturated heterocycles. The van der Waals surface area contributed by atoms with Crippen molar-refractivity contribution in [3.05, 3.63) is 18.2 Å². The van der Waals surface area contributed by atoms with Crippen LogP contribution < -0.4 is 0 Å². The van der Waals surface area contributed by atoms with Gasteiger partial charge in [-0.05, 0) is 0 Å². The summed E-state index contributed by atoms with van der Waals surface area (Å²) in [6.07, 6.45) is 0. The molecule has 1 radical (unpaired) electrons. The molecule has 41 valence electrons. The van der Waals surface area contributed by atoms with Crippen LogP contribution in [0.2, 0.25) is 0 Å². The van der Waals surface area contributed by atoms with E-state index in [1.807, 2.05) is 0 Å². The second kappa shape index (κ2) is 1.69. The van der Waals surface area contributed by atoms with Crippen molar-refractivity contribution in [2.45, 2.75) is 0 Å². The van der Waals surface area contributed by atoms with Gasteiger partial charge in [0, 0.05) is 12.1 Å². The molecule has 0 bridgehead atoms. The van der Waals surface area contributed by atoms with Crippen LogP contribution in [-0.2, 0) is 5.11 Å². The van der Waals surface area contributed by atoms with Crippen LogP contribution in [0.3, 0.4) is 0 Å². The molecule has 1 rings (SSSR count). The van der Waals surface area contributed by atoms with E-state index >= 15 is 0 Å². The molecule has 0 aliphatic carbocycles. The Balaban J connectivity index is 3.08. The Morgan fingerprint density at radius 3 is 2.62 bits per heavy atom. The summed E-state index contributed by atoms with van der Waals surface area (Å²) in [5.41, 5.74) is 0. The minimum absolute atomic E-state index is 0.225. The molecular formula is C5H4NO2. The first-order valence-corrected chi connectivity index (χ1v) is 2.12. The number of aromatic hydroxyl groups is 1. The van der Waals surface area contributed by atoms with Crippen LogP contribution in [-0.4, -0.2) is 10.1 Å². The Morgan fingerprint density at radius 2 is 2.25 bits per heavy atom. The smallest absolute Gasteiger partial charge is 0.272 e. The van der Waals surface area contributed by atoms with Gasteiger partial charge in [-0.2, -0.15) is 4.98 Å². The SMILES string of the molecule is [O]c1cccc(O)n1. The molecule has 0 aliphatic heterocycles. The fraction of sp³-hybridized carbons (Fsp3) is 0. The van der Waals surface area contributed by atoms with Gasteiger partial charge in [0.2, 0.25) is 5.88 Å². The van der Waals surface area contributed by atoms with Gasteiger partial charge in [0.25, 0.3) is 5.88 Å². The second-order valence-corrected chi connectivity index (χ2v) is 1.33. The van der Waals surface area contributed by atoms with Gasteiger partial charge < -0.3 is 5.11 Å². The van der Waals surface area contributed by atoms with Gasteiger partial charge >= 0.3 is 0 Å². The average Bonchev–Trinajstić information content (AvgIpc) is 1.64. The highest BCUT2D eigenvalue weighted by molar-refractivity contribution is 5.16. The number of aromatic nitrogens is 1. The highest BCUT2D eigenvalue weighted by atomic mass is 16.3. The van der Waals surface area contributed by atoms with Crippen molar-refractivity contribution in [3.8, 4) is 11.8 Å². The van der Waals surface area contributed by atoms with E-state index < -0.39 is 5.88 Å². The molecule has 0 unspecified atom stereocenters. The molecule has 0 saturated carbocycles. The fourth-order valence-electron chi connectivity index (χ4n) is 0.404.